The maximum absolute atomic E-state index is 13.0. The highest BCUT2D eigenvalue weighted by Gasteiger charge is 2.36. The first kappa shape index (κ1) is 14.9. The standard InChI is InChI=1S/C16H24N2O2S/c1-17-15-10-6-12-18(16-11-5-4-9-14(15)16)21(19,20)13-7-2-3-8-13/h4-5,9,11,13,15,17H,2-3,6-8,10,12H2,1H3. The monoisotopic (exact) mass is 308 g/mol. The number of hydrogen-bond donors (Lipinski definition) is 1. The van der Waals surface area contributed by atoms with Gasteiger partial charge >= 0.3 is 0 Å². The molecule has 1 unspecified atom stereocenters. The molecule has 0 aromatic heterocycles. The fraction of sp³-hybridized carbons (Fsp3) is 0.625. The smallest absolute Gasteiger partial charge is 0.238 e. The summed E-state index contributed by atoms with van der Waals surface area (Å²) in [6.07, 6.45) is 5.58. The third-order valence-corrected chi connectivity index (χ3v) is 7.12. The number of sulfonamides is 1. The van der Waals surface area contributed by atoms with Gasteiger partial charge in [-0.2, -0.15) is 0 Å². The Hall–Kier alpha value is -1.07. The summed E-state index contributed by atoms with van der Waals surface area (Å²) in [4.78, 5) is 0. The predicted molar refractivity (Wildman–Crippen MR) is 86.0 cm³/mol. The lowest BCUT2D eigenvalue weighted by molar-refractivity contribution is 0.541. The fourth-order valence-electron chi connectivity index (χ4n) is 3.65. The van der Waals surface area contributed by atoms with Crippen molar-refractivity contribution in [3.05, 3.63) is 29.8 Å². The molecule has 0 saturated heterocycles. The van der Waals surface area contributed by atoms with Crippen molar-refractivity contribution in [3.63, 3.8) is 0 Å². The number of fused-ring (bicyclic) bond motifs is 1. The molecule has 1 heterocycles. The number of nitrogens with zero attached hydrogens (tertiary/aromatic N) is 1. The lowest BCUT2D eigenvalue weighted by atomic mass is 10.0. The van der Waals surface area contributed by atoms with Crippen LogP contribution in [0.5, 0.6) is 0 Å². The normalized spacial score (nSPS) is 23.9. The van der Waals surface area contributed by atoms with E-state index in [-0.39, 0.29) is 11.3 Å². The van der Waals surface area contributed by atoms with Crippen LogP contribution in [0.25, 0.3) is 0 Å². The van der Waals surface area contributed by atoms with Crippen LogP contribution >= 0.6 is 0 Å². The zero-order valence-corrected chi connectivity index (χ0v) is 13.4. The zero-order chi connectivity index (χ0) is 14.9. The van der Waals surface area contributed by atoms with Crippen LogP contribution in [0.15, 0.2) is 24.3 Å². The molecular weight excluding hydrogens is 284 g/mol. The van der Waals surface area contributed by atoms with Gasteiger partial charge in [-0.25, -0.2) is 8.42 Å². The molecule has 1 aliphatic heterocycles. The molecule has 1 atom stereocenters. The predicted octanol–water partition coefficient (Wildman–Crippen LogP) is 2.82. The highest BCUT2D eigenvalue weighted by Crippen LogP contribution is 2.37. The van der Waals surface area contributed by atoms with Crippen molar-refractivity contribution in [1.82, 2.24) is 5.32 Å². The van der Waals surface area contributed by atoms with Gasteiger partial charge in [0.2, 0.25) is 10.0 Å². The summed E-state index contributed by atoms with van der Waals surface area (Å²) in [5.74, 6) is 0. The molecule has 1 aromatic rings. The molecule has 116 valence electrons. The Kier molecular flexibility index (Phi) is 4.22. The SMILES string of the molecule is CNC1CCCN(S(=O)(=O)C2CCCC2)c2ccccc21. The van der Waals surface area contributed by atoms with Crippen molar-refractivity contribution in [3.8, 4) is 0 Å². The van der Waals surface area contributed by atoms with E-state index in [1.54, 1.807) is 4.31 Å². The van der Waals surface area contributed by atoms with Gasteiger partial charge in [-0.1, -0.05) is 31.0 Å². The Morgan fingerprint density at radius 1 is 1.10 bits per heavy atom. The van der Waals surface area contributed by atoms with Gasteiger partial charge in [-0.15, -0.1) is 0 Å². The number of benzene rings is 1. The summed E-state index contributed by atoms with van der Waals surface area (Å²) in [5.41, 5.74) is 1.99. The minimum absolute atomic E-state index is 0.184. The first-order valence-electron chi connectivity index (χ1n) is 7.92. The lowest BCUT2D eigenvalue weighted by Crippen LogP contribution is -2.38. The summed E-state index contributed by atoms with van der Waals surface area (Å²) in [6.45, 7) is 0.605. The number of para-hydroxylation sites is 1. The summed E-state index contributed by atoms with van der Waals surface area (Å²) < 4.78 is 27.7. The van der Waals surface area contributed by atoms with Crippen molar-refractivity contribution < 1.29 is 8.42 Å². The zero-order valence-electron chi connectivity index (χ0n) is 12.6. The first-order chi connectivity index (χ1) is 10.1. The van der Waals surface area contributed by atoms with E-state index in [0.29, 0.717) is 6.54 Å². The quantitative estimate of drug-likeness (QED) is 0.934. The number of anilines is 1. The van der Waals surface area contributed by atoms with Gasteiger partial charge in [0.25, 0.3) is 0 Å². The van der Waals surface area contributed by atoms with E-state index >= 15 is 0 Å². The summed E-state index contributed by atoms with van der Waals surface area (Å²) >= 11 is 0. The van der Waals surface area contributed by atoms with Gasteiger partial charge in [-0.3, -0.25) is 4.31 Å². The third kappa shape index (κ3) is 2.69. The van der Waals surface area contributed by atoms with Crippen molar-refractivity contribution in [2.45, 2.75) is 49.8 Å². The second kappa shape index (κ2) is 5.97. The van der Waals surface area contributed by atoms with Gasteiger partial charge in [-0.05, 0) is 44.4 Å². The van der Waals surface area contributed by atoms with Gasteiger partial charge in [0.1, 0.15) is 0 Å². The molecule has 1 aliphatic carbocycles. The van der Waals surface area contributed by atoms with Crippen LogP contribution in [0.1, 0.15) is 50.1 Å². The molecule has 0 radical (unpaired) electrons. The van der Waals surface area contributed by atoms with E-state index in [0.717, 1.165) is 49.8 Å². The molecular formula is C16H24N2O2S. The van der Waals surface area contributed by atoms with Crippen LogP contribution in [0.4, 0.5) is 5.69 Å². The molecule has 0 spiro atoms. The molecule has 0 bridgehead atoms. The van der Waals surface area contributed by atoms with Crippen molar-refractivity contribution >= 4 is 15.7 Å². The first-order valence-corrected chi connectivity index (χ1v) is 9.42. The van der Waals surface area contributed by atoms with Crippen LogP contribution < -0.4 is 9.62 Å². The van der Waals surface area contributed by atoms with Crippen LogP contribution in [-0.4, -0.2) is 27.3 Å². The van der Waals surface area contributed by atoms with Crippen molar-refractivity contribution in [2.75, 3.05) is 17.9 Å². The maximum Gasteiger partial charge on any atom is 0.238 e. The summed E-state index contributed by atoms with van der Waals surface area (Å²) in [5, 5.41) is 3.14. The lowest BCUT2D eigenvalue weighted by Gasteiger charge is -2.28. The highest BCUT2D eigenvalue weighted by molar-refractivity contribution is 7.93. The number of hydrogen-bond acceptors (Lipinski definition) is 3. The Labute approximate surface area is 127 Å². The average molecular weight is 308 g/mol. The van der Waals surface area contributed by atoms with Crippen molar-refractivity contribution in [1.29, 1.82) is 0 Å². The molecule has 1 saturated carbocycles. The third-order valence-electron chi connectivity index (χ3n) is 4.81. The van der Waals surface area contributed by atoms with E-state index < -0.39 is 10.0 Å². The van der Waals surface area contributed by atoms with Crippen LogP contribution in [0, 0.1) is 0 Å². The van der Waals surface area contributed by atoms with E-state index in [9.17, 15) is 8.42 Å². The molecule has 1 fully saturated rings. The molecule has 1 aromatic carbocycles. The number of nitrogens with one attached hydrogen (secondary N) is 1. The Morgan fingerprint density at radius 2 is 1.81 bits per heavy atom. The maximum atomic E-state index is 13.0. The Morgan fingerprint density at radius 3 is 2.52 bits per heavy atom. The van der Waals surface area contributed by atoms with E-state index in [4.69, 9.17) is 0 Å². The average Bonchev–Trinajstić information content (AvgIpc) is 2.96. The van der Waals surface area contributed by atoms with Crippen LogP contribution in [0.3, 0.4) is 0 Å². The van der Waals surface area contributed by atoms with Gasteiger partial charge in [0.05, 0.1) is 10.9 Å². The topological polar surface area (TPSA) is 49.4 Å². The summed E-state index contributed by atoms with van der Waals surface area (Å²) in [6, 6.07) is 8.18. The molecule has 0 amide bonds. The second-order valence-corrected chi connectivity index (χ2v) is 8.20. The highest BCUT2D eigenvalue weighted by atomic mass is 32.2. The van der Waals surface area contributed by atoms with Gasteiger partial charge in [0, 0.05) is 12.6 Å². The second-order valence-electron chi connectivity index (χ2n) is 6.07. The molecule has 1 N–H and O–H groups in total. The minimum Gasteiger partial charge on any atom is -0.313 e. The number of rotatable bonds is 3. The molecule has 21 heavy (non-hydrogen) atoms. The van der Waals surface area contributed by atoms with E-state index in [1.807, 2.05) is 25.2 Å². The Balaban J connectivity index is 2.02. The molecule has 5 heteroatoms. The van der Waals surface area contributed by atoms with Crippen LogP contribution in [-0.2, 0) is 10.0 Å². The molecule has 3 rings (SSSR count). The van der Waals surface area contributed by atoms with E-state index in [1.165, 1.54) is 0 Å². The summed E-state index contributed by atoms with van der Waals surface area (Å²) in [7, 11) is -1.28. The molecule has 2 aliphatic rings. The fourth-order valence-corrected chi connectivity index (χ4v) is 5.77. The van der Waals surface area contributed by atoms with Crippen molar-refractivity contribution in [2.24, 2.45) is 0 Å². The molecule has 4 nitrogen and oxygen atoms in total. The van der Waals surface area contributed by atoms with E-state index in [2.05, 4.69) is 11.4 Å². The van der Waals surface area contributed by atoms with Gasteiger partial charge < -0.3 is 5.32 Å². The largest absolute Gasteiger partial charge is 0.313 e. The minimum atomic E-state index is -3.22. The Bertz CT molecular complexity index is 594. The van der Waals surface area contributed by atoms with Crippen LogP contribution in [0.2, 0.25) is 0 Å². The van der Waals surface area contributed by atoms with Gasteiger partial charge in [0.15, 0.2) is 0 Å².